The van der Waals surface area contributed by atoms with Crippen LogP contribution in [0.3, 0.4) is 0 Å². The van der Waals surface area contributed by atoms with E-state index in [0.717, 1.165) is 13.1 Å². The summed E-state index contributed by atoms with van der Waals surface area (Å²) in [5, 5.41) is 3.27. The zero-order chi connectivity index (χ0) is 18.4. The highest BCUT2D eigenvalue weighted by Crippen LogP contribution is 2.44. The van der Waals surface area contributed by atoms with E-state index in [9.17, 15) is 0 Å². The lowest BCUT2D eigenvalue weighted by Crippen LogP contribution is -2.36. The van der Waals surface area contributed by atoms with Gasteiger partial charge in [0.1, 0.15) is 0 Å². The Kier molecular flexibility index (Phi) is 3.94. The fourth-order valence-corrected chi connectivity index (χ4v) is 6.03. The van der Waals surface area contributed by atoms with E-state index < -0.39 is 0 Å². The molecule has 0 unspecified atom stereocenters. The van der Waals surface area contributed by atoms with Crippen LogP contribution < -0.4 is 4.90 Å². The molecule has 1 aromatic heterocycles. The molecule has 5 rings (SSSR count). The number of hydrogen-bond donors (Lipinski definition) is 0. The average molecular weight is 373 g/mol. The van der Waals surface area contributed by atoms with E-state index in [4.69, 9.17) is 0 Å². The third-order valence-electron chi connectivity index (χ3n) is 5.63. The van der Waals surface area contributed by atoms with Crippen molar-refractivity contribution in [3.8, 4) is 0 Å². The van der Waals surface area contributed by atoms with E-state index in [1.807, 2.05) is 0 Å². The number of nitrogens with zero attached hydrogens (tertiary/aromatic N) is 2. The summed E-state index contributed by atoms with van der Waals surface area (Å²) < 4.78 is 2.52. The van der Waals surface area contributed by atoms with Crippen LogP contribution in [-0.2, 0) is 6.54 Å². The first-order valence-corrected chi connectivity index (χ1v) is 10.5. The molecule has 0 saturated carbocycles. The second kappa shape index (κ2) is 6.35. The average Bonchev–Trinajstić information content (AvgIpc) is 3.17. The Balaban J connectivity index is 1.53. The molecule has 1 atom stereocenters. The molecule has 0 aliphatic carbocycles. The van der Waals surface area contributed by atoms with Crippen molar-refractivity contribution in [3.05, 3.63) is 78.9 Å². The van der Waals surface area contributed by atoms with E-state index in [1.54, 1.807) is 0 Å². The summed E-state index contributed by atoms with van der Waals surface area (Å²) in [5.41, 5.74) is 4.00. The second-order valence-corrected chi connectivity index (χ2v) is 9.68. The van der Waals surface area contributed by atoms with Crippen LogP contribution in [0.4, 0.5) is 5.69 Å². The molecule has 0 amide bonds. The van der Waals surface area contributed by atoms with Gasteiger partial charge in [-0.3, -0.25) is 0 Å². The number of benzene rings is 3. The van der Waals surface area contributed by atoms with Gasteiger partial charge in [0.15, 0.2) is 0 Å². The maximum absolute atomic E-state index is 2.55. The Bertz CT molecular complexity index is 1040. The molecule has 1 aliphatic rings. The van der Waals surface area contributed by atoms with Crippen LogP contribution >= 0.6 is 11.8 Å². The molecule has 0 bridgehead atoms. The van der Waals surface area contributed by atoms with Crippen molar-refractivity contribution >= 4 is 39.3 Å². The summed E-state index contributed by atoms with van der Waals surface area (Å²) >= 11 is 2.09. The third kappa shape index (κ3) is 2.81. The quantitative estimate of drug-likeness (QED) is 0.426. The Hall–Kier alpha value is -2.39. The highest BCUT2D eigenvalue weighted by atomic mass is 32.2. The lowest BCUT2D eigenvalue weighted by atomic mass is 10.2. The van der Waals surface area contributed by atoms with E-state index in [2.05, 4.69) is 114 Å². The lowest BCUT2D eigenvalue weighted by molar-refractivity contribution is 0.640. The minimum Gasteiger partial charge on any atom is -0.356 e. The van der Waals surface area contributed by atoms with E-state index in [1.165, 1.54) is 27.5 Å². The first-order valence-electron chi connectivity index (χ1n) is 9.60. The summed E-state index contributed by atoms with van der Waals surface area (Å²) in [6.45, 7) is 6.79. The second-order valence-electron chi connectivity index (χ2n) is 7.78. The molecule has 3 heteroatoms. The Morgan fingerprint density at radius 3 is 2.00 bits per heavy atom. The van der Waals surface area contributed by atoms with Crippen molar-refractivity contribution in [2.24, 2.45) is 0 Å². The summed E-state index contributed by atoms with van der Waals surface area (Å²) in [6.07, 6.45) is 0. The van der Waals surface area contributed by atoms with Gasteiger partial charge in [0.05, 0.1) is 4.87 Å². The molecule has 0 N–H and O–H groups in total. The van der Waals surface area contributed by atoms with Crippen molar-refractivity contribution in [1.29, 1.82) is 0 Å². The normalized spacial score (nSPS) is 19.2. The highest BCUT2D eigenvalue weighted by molar-refractivity contribution is 8.01. The van der Waals surface area contributed by atoms with Gasteiger partial charge in [0.25, 0.3) is 0 Å². The van der Waals surface area contributed by atoms with Crippen LogP contribution in [0.2, 0.25) is 0 Å². The van der Waals surface area contributed by atoms with Crippen molar-refractivity contribution < 1.29 is 0 Å². The van der Waals surface area contributed by atoms with Crippen molar-refractivity contribution in [2.75, 3.05) is 11.4 Å². The minimum absolute atomic E-state index is 0.102. The first kappa shape index (κ1) is 16.8. The molecule has 0 radical (unpaired) electrons. The predicted octanol–water partition coefficient (Wildman–Crippen LogP) is 6.15. The van der Waals surface area contributed by atoms with E-state index >= 15 is 0 Å². The van der Waals surface area contributed by atoms with Gasteiger partial charge in [-0.2, -0.15) is 0 Å². The van der Waals surface area contributed by atoms with Gasteiger partial charge in [-0.1, -0.05) is 54.6 Å². The molecule has 2 nitrogen and oxygen atoms in total. The highest BCUT2D eigenvalue weighted by Gasteiger charge is 2.39. The van der Waals surface area contributed by atoms with Crippen LogP contribution in [-0.4, -0.2) is 21.2 Å². The van der Waals surface area contributed by atoms with Crippen LogP contribution in [0.5, 0.6) is 0 Å². The molecular formula is C24H24N2S. The SMILES string of the molecule is CC1(C)S[C@@H](Cn2c3ccccc3c3ccccc32)CN1c1ccccc1. The zero-order valence-electron chi connectivity index (χ0n) is 15.8. The number of para-hydroxylation sites is 3. The first-order chi connectivity index (χ1) is 13.1. The van der Waals surface area contributed by atoms with Gasteiger partial charge in [0.2, 0.25) is 0 Å². The molecule has 2 heterocycles. The standard InChI is InChI=1S/C24H24N2S/c1-24(2)26(18-10-4-3-5-11-18)17-19(27-24)16-25-22-14-8-6-12-20(22)21-13-7-9-15-23(21)25/h3-15,19H,16-17H2,1-2H3/t19-/m0/s1. The van der Waals surface area contributed by atoms with Crippen LogP contribution in [0.25, 0.3) is 21.8 Å². The van der Waals surface area contributed by atoms with Gasteiger partial charge in [-0.05, 0) is 38.1 Å². The van der Waals surface area contributed by atoms with Crippen LogP contribution in [0.1, 0.15) is 13.8 Å². The summed E-state index contributed by atoms with van der Waals surface area (Å²) in [6, 6.07) is 28.4. The zero-order valence-corrected chi connectivity index (χ0v) is 16.6. The summed E-state index contributed by atoms with van der Waals surface area (Å²) in [4.78, 5) is 2.65. The third-order valence-corrected chi connectivity index (χ3v) is 7.05. The number of rotatable bonds is 3. The molecule has 136 valence electrons. The number of thioether (sulfide) groups is 1. The van der Waals surface area contributed by atoms with Gasteiger partial charge < -0.3 is 9.47 Å². The summed E-state index contributed by atoms with van der Waals surface area (Å²) in [5.74, 6) is 0. The molecular weight excluding hydrogens is 348 g/mol. The summed E-state index contributed by atoms with van der Waals surface area (Å²) in [7, 11) is 0. The van der Waals surface area contributed by atoms with Crippen molar-refractivity contribution in [3.63, 3.8) is 0 Å². The lowest BCUT2D eigenvalue weighted by Gasteiger charge is -2.32. The molecule has 3 aromatic carbocycles. The molecule has 1 fully saturated rings. The largest absolute Gasteiger partial charge is 0.356 e. The van der Waals surface area contributed by atoms with Crippen LogP contribution in [0, 0.1) is 0 Å². The van der Waals surface area contributed by atoms with Gasteiger partial charge in [-0.25, -0.2) is 0 Å². The Morgan fingerprint density at radius 1 is 0.815 bits per heavy atom. The predicted molar refractivity (Wildman–Crippen MR) is 119 cm³/mol. The van der Waals surface area contributed by atoms with Crippen molar-refractivity contribution in [2.45, 2.75) is 30.5 Å². The number of fused-ring (bicyclic) bond motifs is 3. The topological polar surface area (TPSA) is 8.17 Å². The molecule has 4 aromatic rings. The number of anilines is 1. The fourth-order valence-electron chi connectivity index (χ4n) is 4.46. The van der Waals surface area contributed by atoms with Gasteiger partial charge in [0, 0.05) is 45.8 Å². The monoisotopic (exact) mass is 372 g/mol. The Labute approximate surface area is 164 Å². The van der Waals surface area contributed by atoms with Gasteiger partial charge >= 0.3 is 0 Å². The van der Waals surface area contributed by atoms with Crippen molar-refractivity contribution in [1.82, 2.24) is 4.57 Å². The minimum atomic E-state index is 0.102. The fraction of sp³-hybridized carbons (Fsp3) is 0.250. The maximum atomic E-state index is 2.55. The Morgan fingerprint density at radius 2 is 1.37 bits per heavy atom. The smallest absolute Gasteiger partial charge is 0.0809 e. The van der Waals surface area contributed by atoms with E-state index in [-0.39, 0.29) is 4.87 Å². The molecule has 27 heavy (non-hydrogen) atoms. The molecule has 1 aliphatic heterocycles. The molecule has 1 saturated heterocycles. The van der Waals surface area contributed by atoms with Crippen LogP contribution in [0.15, 0.2) is 78.9 Å². The van der Waals surface area contributed by atoms with Gasteiger partial charge in [-0.15, -0.1) is 11.8 Å². The number of hydrogen-bond acceptors (Lipinski definition) is 2. The van der Waals surface area contributed by atoms with E-state index in [0.29, 0.717) is 5.25 Å². The maximum Gasteiger partial charge on any atom is 0.0809 e. The number of aromatic nitrogens is 1. The molecule has 0 spiro atoms.